The molecule has 0 aliphatic heterocycles. The molecule has 25 heavy (non-hydrogen) atoms. The molecule has 0 bridgehead atoms. The molecule has 132 valence electrons. The smallest absolute Gasteiger partial charge is 0.269 e. The lowest BCUT2D eigenvalue weighted by Gasteiger charge is -2.11. The molecule has 1 heterocycles. The fraction of sp³-hybridized carbons (Fsp3) is 0.316. The van der Waals surface area contributed by atoms with Gasteiger partial charge in [0.05, 0.1) is 0 Å². The highest BCUT2D eigenvalue weighted by molar-refractivity contribution is 6.06. The largest absolute Gasteiger partial charge is 0.385 e. The maximum absolute atomic E-state index is 12.5. The van der Waals surface area contributed by atoms with Gasteiger partial charge in [-0.25, -0.2) is 0 Å². The summed E-state index contributed by atoms with van der Waals surface area (Å²) in [6.45, 7) is 5.01. The Kier molecular flexibility index (Phi) is 6.65. The third-order valence-corrected chi connectivity index (χ3v) is 3.92. The highest BCUT2D eigenvalue weighted by atomic mass is 16.5. The average molecular weight is 341 g/mol. The normalized spacial score (nSPS) is 10.4. The van der Waals surface area contributed by atoms with Crippen molar-refractivity contribution >= 4 is 17.5 Å². The number of nitrogens with zero attached hydrogens (tertiary/aromatic N) is 1. The number of benzene rings is 1. The van der Waals surface area contributed by atoms with E-state index in [4.69, 9.17) is 4.74 Å². The van der Waals surface area contributed by atoms with Gasteiger partial charge in [-0.1, -0.05) is 12.1 Å². The molecule has 0 fully saturated rings. The Balaban J connectivity index is 2.06. The second kappa shape index (κ2) is 8.94. The van der Waals surface area contributed by atoms with Gasteiger partial charge in [-0.3, -0.25) is 14.6 Å². The van der Waals surface area contributed by atoms with Gasteiger partial charge in [-0.15, -0.1) is 0 Å². The number of rotatable bonds is 7. The number of methoxy groups -OCH3 is 1. The number of pyridine rings is 1. The van der Waals surface area contributed by atoms with Gasteiger partial charge in [0.1, 0.15) is 5.69 Å². The highest BCUT2D eigenvalue weighted by Crippen LogP contribution is 2.19. The molecule has 0 unspecified atom stereocenters. The number of carbonyl (C=O) groups is 2. The number of aryl methyl sites for hydroxylation is 1. The van der Waals surface area contributed by atoms with Crippen LogP contribution in [0.1, 0.15) is 38.4 Å². The van der Waals surface area contributed by atoms with Gasteiger partial charge < -0.3 is 15.4 Å². The number of hydrogen-bond acceptors (Lipinski definition) is 4. The Labute approximate surface area is 147 Å². The molecule has 0 atom stereocenters. The van der Waals surface area contributed by atoms with Crippen LogP contribution in [-0.4, -0.2) is 37.1 Å². The molecule has 0 radical (unpaired) electrons. The van der Waals surface area contributed by atoms with Gasteiger partial charge in [-0.05, 0) is 49.6 Å². The van der Waals surface area contributed by atoms with Crippen molar-refractivity contribution in [3.63, 3.8) is 0 Å². The standard InChI is InChI=1S/C19H23N3O3/c1-13-6-4-7-16(14(13)2)22-18(23)15-8-10-20-17(12-15)19(24)21-9-5-11-25-3/h4,6-8,10,12H,5,9,11H2,1-3H3,(H,21,24)(H,22,23). The van der Waals surface area contributed by atoms with Crippen molar-refractivity contribution in [3.05, 3.63) is 58.9 Å². The molecule has 2 rings (SSSR count). The Morgan fingerprint density at radius 2 is 1.96 bits per heavy atom. The Morgan fingerprint density at radius 3 is 2.72 bits per heavy atom. The molecular weight excluding hydrogens is 318 g/mol. The van der Waals surface area contributed by atoms with Crippen molar-refractivity contribution in [2.75, 3.05) is 25.6 Å². The van der Waals surface area contributed by atoms with Crippen LogP contribution in [0.5, 0.6) is 0 Å². The van der Waals surface area contributed by atoms with Crippen LogP contribution in [0.25, 0.3) is 0 Å². The van der Waals surface area contributed by atoms with E-state index in [1.807, 2.05) is 32.0 Å². The van der Waals surface area contributed by atoms with E-state index in [0.29, 0.717) is 18.7 Å². The number of nitrogens with one attached hydrogen (secondary N) is 2. The number of aromatic nitrogens is 1. The first-order valence-electron chi connectivity index (χ1n) is 8.13. The van der Waals surface area contributed by atoms with E-state index in [2.05, 4.69) is 15.6 Å². The van der Waals surface area contributed by atoms with Crippen LogP contribution in [0.3, 0.4) is 0 Å². The van der Waals surface area contributed by atoms with E-state index in [0.717, 1.165) is 23.2 Å². The van der Waals surface area contributed by atoms with Crippen molar-refractivity contribution in [2.45, 2.75) is 20.3 Å². The fourth-order valence-electron chi connectivity index (χ4n) is 2.29. The monoisotopic (exact) mass is 341 g/mol. The summed E-state index contributed by atoms with van der Waals surface area (Å²) in [4.78, 5) is 28.6. The number of ether oxygens (including phenoxy) is 1. The lowest BCUT2D eigenvalue weighted by molar-refractivity contribution is 0.0943. The number of amides is 2. The van der Waals surface area contributed by atoms with Crippen LogP contribution in [0.4, 0.5) is 5.69 Å². The first-order valence-corrected chi connectivity index (χ1v) is 8.13. The lowest BCUT2D eigenvalue weighted by atomic mass is 10.1. The summed E-state index contributed by atoms with van der Waals surface area (Å²) in [5, 5.41) is 5.63. The maximum atomic E-state index is 12.5. The van der Waals surface area contributed by atoms with Crippen molar-refractivity contribution in [2.24, 2.45) is 0 Å². The van der Waals surface area contributed by atoms with E-state index in [1.54, 1.807) is 13.2 Å². The minimum atomic E-state index is -0.308. The van der Waals surface area contributed by atoms with E-state index in [9.17, 15) is 9.59 Å². The van der Waals surface area contributed by atoms with E-state index in [1.165, 1.54) is 12.3 Å². The van der Waals surface area contributed by atoms with Crippen molar-refractivity contribution in [1.29, 1.82) is 0 Å². The summed E-state index contributed by atoms with van der Waals surface area (Å²) < 4.78 is 4.93. The van der Waals surface area contributed by atoms with Gasteiger partial charge in [-0.2, -0.15) is 0 Å². The summed E-state index contributed by atoms with van der Waals surface area (Å²) in [5.41, 5.74) is 3.47. The molecule has 6 nitrogen and oxygen atoms in total. The third-order valence-electron chi connectivity index (χ3n) is 3.92. The molecule has 2 aromatic rings. The lowest BCUT2D eigenvalue weighted by Crippen LogP contribution is -2.26. The SMILES string of the molecule is COCCCNC(=O)c1cc(C(=O)Nc2cccc(C)c2C)ccn1. The minimum Gasteiger partial charge on any atom is -0.385 e. The molecule has 6 heteroatoms. The van der Waals surface area contributed by atoms with Crippen LogP contribution < -0.4 is 10.6 Å². The van der Waals surface area contributed by atoms with Crippen LogP contribution in [0.15, 0.2) is 36.5 Å². The highest BCUT2D eigenvalue weighted by Gasteiger charge is 2.13. The molecular formula is C19H23N3O3. The Morgan fingerprint density at radius 1 is 1.16 bits per heavy atom. The molecule has 0 saturated heterocycles. The summed E-state index contributed by atoms with van der Waals surface area (Å²) >= 11 is 0. The maximum Gasteiger partial charge on any atom is 0.269 e. The Hall–Kier alpha value is -2.73. The molecule has 0 spiro atoms. The Bertz CT molecular complexity index is 759. The van der Waals surface area contributed by atoms with Gasteiger partial charge in [0.15, 0.2) is 0 Å². The van der Waals surface area contributed by atoms with Crippen LogP contribution >= 0.6 is 0 Å². The van der Waals surface area contributed by atoms with E-state index < -0.39 is 0 Å². The molecule has 1 aromatic carbocycles. The van der Waals surface area contributed by atoms with Gasteiger partial charge in [0.2, 0.25) is 0 Å². The number of anilines is 1. The summed E-state index contributed by atoms with van der Waals surface area (Å²) in [7, 11) is 1.61. The third kappa shape index (κ3) is 5.12. The molecule has 1 aromatic heterocycles. The fourth-order valence-corrected chi connectivity index (χ4v) is 2.29. The zero-order chi connectivity index (χ0) is 18.2. The van der Waals surface area contributed by atoms with E-state index in [-0.39, 0.29) is 17.5 Å². The second-order valence-corrected chi connectivity index (χ2v) is 5.73. The number of hydrogen-bond donors (Lipinski definition) is 2. The molecule has 0 aliphatic rings. The predicted molar refractivity (Wildman–Crippen MR) is 96.9 cm³/mol. The van der Waals surface area contributed by atoms with Gasteiger partial charge >= 0.3 is 0 Å². The van der Waals surface area contributed by atoms with Crippen molar-refractivity contribution in [3.8, 4) is 0 Å². The first-order chi connectivity index (χ1) is 12.0. The molecule has 2 N–H and O–H groups in total. The quantitative estimate of drug-likeness (QED) is 0.759. The minimum absolute atomic E-state index is 0.214. The summed E-state index contributed by atoms with van der Waals surface area (Å²) in [5.74, 6) is -0.581. The van der Waals surface area contributed by atoms with Crippen molar-refractivity contribution < 1.29 is 14.3 Å². The van der Waals surface area contributed by atoms with Crippen LogP contribution in [0.2, 0.25) is 0 Å². The molecule has 0 saturated carbocycles. The first kappa shape index (κ1) is 18.6. The summed E-state index contributed by atoms with van der Waals surface area (Å²) in [6.07, 6.45) is 2.18. The predicted octanol–water partition coefficient (Wildman–Crippen LogP) is 2.72. The van der Waals surface area contributed by atoms with Gasteiger partial charge in [0, 0.05) is 37.7 Å². The van der Waals surface area contributed by atoms with E-state index >= 15 is 0 Å². The second-order valence-electron chi connectivity index (χ2n) is 5.73. The van der Waals surface area contributed by atoms with Crippen LogP contribution in [0, 0.1) is 13.8 Å². The topological polar surface area (TPSA) is 80.3 Å². The zero-order valence-electron chi connectivity index (χ0n) is 14.8. The average Bonchev–Trinajstić information content (AvgIpc) is 2.62. The number of carbonyl (C=O) groups excluding carboxylic acids is 2. The molecule has 2 amide bonds. The van der Waals surface area contributed by atoms with Crippen LogP contribution in [-0.2, 0) is 4.74 Å². The molecule has 0 aliphatic carbocycles. The van der Waals surface area contributed by atoms with Crippen molar-refractivity contribution in [1.82, 2.24) is 10.3 Å². The summed E-state index contributed by atoms with van der Waals surface area (Å²) in [6, 6.07) is 8.81. The van der Waals surface area contributed by atoms with Gasteiger partial charge in [0.25, 0.3) is 11.8 Å². The zero-order valence-corrected chi connectivity index (χ0v) is 14.8.